The molecule has 0 fully saturated rings. The summed E-state index contributed by atoms with van der Waals surface area (Å²) < 4.78 is 16.0. The Balaban J connectivity index is 1.82. The van der Waals surface area contributed by atoms with Crippen LogP contribution >= 0.6 is 0 Å². The largest absolute Gasteiger partial charge is 0.481 e. The van der Waals surface area contributed by atoms with Gasteiger partial charge in [-0.05, 0) is 31.5 Å². The molecule has 7 nitrogen and oxygen atoms in total. The number of rotatable bonds is 6. The van der Waals surface area contributed by atoms with Gasteiger partial charge in [0.25, 0.3) is 0 Å². The van der Waals surface area contributed by atoms with E-state index in [4.69, 9.17) is 19.0 Å². The number of hydrogen-bond donors (Lipinski definition) is 1. The van der Waals surface area contributed by atoms with Gasteiger partial charge >= 0.3 is 17.9 Å². The maximum atomic E-state index is 11.7. The zero-order chi connectivity index (χ0) is 18.8. The van der Waals surface area contributed by atoms with Gasteiger partial charge in [-0.25, -0.2) is 4.79 Å². The van der Waals surface area contributed by atoms with Crippen molar-refractivity contribution in [2.75, 3.05) is 6.61 Å². The lowest BCUT2D eigenvalue weighted by Crippen LogP contribution is -2.10. The highest BCUT2D eigenvalue weighted by atomic mass is 16.6. The van der Waals surface area contributed by atoms with Crippen LogP contribution in [-0.4, -0.2) is 29.6 Å². The van der Waals surface area contributed by atoms with Crippen molar-refractivity contribution in [3.05, 3.63) is 41.2 Å². The van der Waals surface area contributed by atoms with Crippen molar-refractivity contribution in [3.8, 4) is 0 Å². The molecule has 26 heavy (non-hydrogen) atoms. The Kier molecular flexibility index (Phi) is 4.79. The monoisotopic (exact) mass is 358 g/mol. The van der Waals surface area contributed by atoms with E-state index < -0.39 is 18.0 Å². The fraction of sp³-hybridized carbons (Fsp3) is 0.316. The van der Waals surface area contributed by atoms with Crippen LogP contribution in [0.3, 0.4) is 0 Å². The number of carbonyl (C=O) groups is 3. The predicted molar refractivity (Wildman–Crippen MR) is 91.3 cm³/mol. The first-order valence-corrected chi connectivity index (χ1v) is 8.17. The standard InChI is InChI=1S/C19H18O7/c1-10-14-7-12(13-8-18(23)24-9-13)3-4-15(14)26-19(10)11(2)25-17(22)6-5-16(20)21/h3-4,7-8,11H,5-6,9H2,1-2H3,(H,20,21)/t11-/m1/s1. The van der Waals surface area contributed by atoms with Crippen LogP contribution < -0.4 is 0 Å². The Bertz CT molecular complexity index is 919. The Morgan fingerprint density at radius 3 is 2.73 bits per heavy atom. The summed E-state index contributed by atoms with van der Waals surface area (Å²) in [7, 11) is 0. The summed E-state index contributed by atoms with van der Waals surface area (Å²) in [5, 5.41) is 9.48. The van der Waals surface area contributed by atoms with Crippen LogP contribution in [0.15, 0.2) is 28.7 Å². The molecule has 2 aromatic rings. The van der Waals surface area contributed by atoms with Crippen molar-refractivity contribution in [1.82, 2.24) is 0 Å². The second-order valence-electron chi connectivity index (χ2n) is 6.11. The van der Waals surface area contributed by atoms with Gasteiger partial charge in [-0.15, -0.1) is 0 Å². The highest BCUT2D eigenvalue weighted by Gasteiger charge is 2.22. The Morgan fingerprint density at radius 1 is 1.31 bits per heavy atom. The maximum Gasteiger partial charge on any atom is 0.331 e. The van der Waals surface area contributed by atoms with Crippen molar-refractivity contribution in [1.29, 1.82) is 0 Å². The number of ether oxygens (including phenoxy) is 2. The average Bonchev–Trinajstić information content (AvgIpc) is 3.16. The molecule has 1 atom stereocenters. The molecule has 0 aliphatic carbocycles. The lowest BCUT2D eigenvalue weighted by molar-refractivity contribution is -0.152. The summed E-state index contributed by atoms with van der Waals surface area (Å²) in [6, 6.07) is 5.54. The molecule has 1 N–H and O–H groups in total. The van der Waals surface area contributed by atoms with E-state index in [1.165, 1.54) is 6.08 Å². The highest BCUT2D eigenvalue weighted by molar-refractivity contribution is 5.97. The third-order valence-electron chi connectivity index (χ3n) is 4.23. The molecule has 2 heterocycles. The minimum atomic E-state index is -1.05. The number of esters is 2. The molecule has 0 unspecified atom stereocenters. The first kappa shape index (κ1) is 17.7. The number of hydrogen-bond acceptors (Lipinski definition) is 6. The first-order valence-electron chi connectivity index (χ1n) is 8.17. The van der Waals surface area contributed by atoms with Crippen molar-refractivity contribution >= 4 is 34.5 Å². The number of carboxylic acid groups (broad SMARTS) is 1. The van der Waals surface area contributed by atoms with Crippen LogP contribution in [0.1, 0.15) is 42.8 Å². The molecule has 136 valence electrons. The Labute approximate surface area is 149 Å². The maximum absolute atomic E-state index is 11.7. The summed E-state index contributed by atoms with van der Waals surface area (Å²) in [6.45, 7) is 3.78. The summed E-state index contributed by atoms with van der Waals surface area (Å²) >= 11 is 0. The molecule has 0 radical (unpaired) electrons. The number of furan rings is 1. The van der Waals surface area contributed by atoms with Gasteiger partial charge in [-0.2, -0.15) is 0 Å². The van der Waals surface area contributed by atoms with E-state index in [0.29, 0.717) is 11.3 Å². The van der Waals surface area contributed by atoms with E-state index in [-0.39, 0.29) is 25.4 Å². The number of benzene rings is 1. The van der Waals surface area contributed by atoms with E-state index in [1.807, 2.05) is 19.1 Å². The van der Waals surface area contributed by atoms with Crippen LogP contribution in [-0.2, 0) is 23.9 Å². The summed E-state index contributed by atoms with van der Waals surface area (Å²) in [4.78, 5) is 33.5. The Morgan fingerprint density at radius 2 is 2.08 bits per heavy atom. The predicted octanol–water partition coefficient (Wildman–Crippen LogP) is 3.15. The third kappa shape index (κ3) is 3.61. The number of carboxylic acids is 1. The number of cyclic esters (lactones) is 1. The third-order valence-corrected chi connectivity index (χ3v) is 4.23. The van der Waals surface area contributed by atoms with Gasteiger partial charge in [0.1, 0.15) is 18.0 Å². The molecule has 1 aliphatic heterocycles. The van der Waals surface area contributed by atoms with E-state index in [0.717, 1.165) is 22.1 Å². The van der Waals surface area contributed by atoms with Gasteiger partial charge in [-0.1, -0.05) is 6.07 Å². The van der Waals surface area contributed by atoms with Gasteiger partial charge in [0.2, 0.25) is 0 Å². The van der Waals surface area contributed by atoms with Crippen molar-refractivity contribution in [3.63, 3.8) is 0 Å². The molecule has 0 saturated heterocycles. The van der Waals surface area contributed by atoms with E-state index in [2.05, 4.69) is 0 Å². The lowest BCUT2D eigenvalue weighted by atomic mass is 10.0. The minimum Gasteiger partial charge on any atom is -0.481 e. The summed E-state index contributed by atoms with van der Waals surface area (Å²) in [6.07, 6.45) is 0.363. The molecule has 0 amide bonds. The molecule has 1 aromatic carbocycles. The number of fused-ring (bicyclic) bond motifs is 1. The van der Waals surface area contributed by atoms with Gasteiger partial charge in [0.15, 0.2) is 6.10 Å². The van der Waals surface area contributed by atoms with E-state index in [9.17, 15) is 14.4 Å². The molecule has 7 heteroatoms. The first-order chi connectivity index (χ1) is 12.3. The molecule has 0 bridgehead atoms. The second kappa shape index (κ2) is 7.03. The van der Waals surface area contributed by atoms with Crippen molar-refractivity contribution in [2.24, 2.45) is 0 Å². The zero-order valence-corrected chi connectivity index (χ0v) is 14.4. The molecule has 0 spiro atoms. The quantitative estimate of drug-likeness (QED) is 0.791. The van der Waals surface area contributed by atoms with E-state index >= 15 is 0 Å². The fourth-order valence-corrected chi connectivity index (χ4v) is 2.89. The van der Waals surface area contributed by atoms with Crippen molar-refractivity contribution in [2.45, 2.75) is 32.8 Å². The summed E-state index contributed by atoms with van der Waals surface area (Å²) in [5.41, 5.74) is 3.13. The highest BCUT2D eigenvalue weighted by Crippen LogP contribution is 2.33. The minimum absolute atomic E-state index is 0.189. The van der Waals surface area contributed by atoms with Crippen LogP contribution in [0, 0.1) is 6.92 Å². The summed E-state index contributed by atoms with van der Waals surface area (Å²) in [5.74, 6) is -1.49. The topological polar surface area (TPSA) is 103 Å². The normalized spacial score (nSPS) is 14.8. The smallest absolute Gasteiger partial charge is 0.331 e. The fourth-order valence-electron chi connectivity index (χ4n) is 2.89. The van der Waals surface area contributed by atoms with Crippen molar-refractivity contribution < 1.29 is 33.4 Å². The van der Waals surface area contributed by atoms with Gasteiger partial charge < -0.3 is 19.0 Å². The molecule has 3 rings (SSSR count). The zero-order valence-electron chi connectivity index (χ0n) is 14.4. The SMILES string of the molecule is Cc1c([C@@H](C)OC(=O)CCC(=O)O)oc2ccc(C3=CC(=O)OC3)cc12. The molecular weight excluding hydrogens is 340 g/mol. The van der Waals surface area contributed by atoms with E-state index in [1.54, 1.807) is 13.0 Å². The molecular formula is C19H18O7. The average molecular weight is 358 g/mol. The second-order valence-corrected chi connectivity index (χ2v) is 6.11. The van der Waals surface area contributed by atoms with Crippen LogP contribution in [0.4, 0.5) is 0 Å². The van der Waals surface area contributed by atoms with Crippen LogP contribution in [0.25, 0.3) is 16.5 Å². The van der Waals surface area contributed by atoms with Gasteiger partial charge in [0, 0.05) is 22.6 Å². The number of carbonyl (C=O) groups excluding carboxylic acids is 2. The van der Waals surface area contributed by atoms with Gasteiger partial charge in [0.05, 0.1) is 12.8 Å². The molecule has 1 aromatic heterocycles. The molecule has 0 saturated carbocycles. The number of aryl methyl sites for hydroxylation is 1. The molecule has 1 aliphatic rings. The van der Waals surface area contributed by atoms with Gasteiger partial charge in [-0.3, -0.25) is 9.59 Å². The lowest BCUT2D eigenvalue weighted by Gasteiger charge is -2.11. The van der Waals surface area contributed by atoms with Crippen LogP contribution in [0.5, 0.6) is 0 Å². The van der Waals surface area contributed by atoms with Crippen LogP contribution in [0.2, 0.25) is 0 Å². The number of aliphatic carboxylic acids is 1. The Hall–Kier alpha value is -3.09.